The topological polar surface area (TPSA) is 99.3 Å². The van der Waals surface area contributed by atoms with Gasteiger partial charge in [0.25, 0.3) is 11.5 Å². The Morgan fingerprint density at radius 3 is 2.78 bits per heavy atom. The zero-order valence-corrected chi connectivity index (χ0v) is 13.1. The largest absolute Gasteiger partial charge is 0.480 e. The minimum absolute atomic E-state index is 0.0181. The summed E-state index contributed by atoms with van der Waals surface area (Å²) in [6.45, 7) is 3.54. The maximum absolute atomic E-state index is 12.3. The number of carboxylic acid groups (broad SMARTS) is 1. The average molecular weight is 318 g/mol. The lowest BCUT2D eigenvalue weighted by atomic mass is 10.1. The summed E-state index contributed by atoms with van der Waals surface area (Å²) in [4.78, 5) is 38.4. The first-order valence-corrected chi connectivity index (χ1v) is 7.92. The number of allylic oxidation sites excluding steroid dienone is 1. The molecule has 1 atom stereocenters. The van der Waals surface area contributed by atoms with E-state index in [1.807, 2.05) is 0 Å². The lowest BCUT2D eigenvalue weighted by molar-refractivity contribution is -0.139. The van der Waals surface area contributed by atoms with E-state index in [9.17, 15) is 14.4 Å². The molecule has 0 fully saturated rings. The Kier molecular flexibility index (Phi) is 5.73. The number of aliphatic carboxylic acids is 1. The molecular formula is C17H22N2O4. The minimum atomic E-state index is -1.12. The van der Waals surface area contributed by atoms with Gasteiger partial charge >= 0.3 is 5.97 Å². The van der Waals surface area contributed by atoms with Crippen LogP contribution in [0.1, 0.15) is 53.7 Å². The van der Waals surface area contributed by atoms with Crippen molar-refractivity contribution in [3.63, 3.8) is 0 Å². The molecule has 6 heteroatoms. The van der Waals surface area contributed by atoms with E-state index in [0.29, 0.717) is 6.42 Å². The highest BCUT2D eigenvalue weighted by molar-refractivity contribution is 5.96. The number of hydrogen-bond acceptors (Lipinski definition) is 3. The van der Waals surface area contributed by atoms with Crippen LogP contribution < -0.4 is 10.9 Å². The van der Waals surface area contributed by atoms with Gasteiger partial charge in [0.1, 0.15) is 11.6 Å². The van der Waals surface area contributed by atoms with Crippen LogP contribution >= 0.6 is 0 Å². The third-order valence-electron chi connectivity index (χ3n) is 4.10. The Labute approximate surface area is 134 Å². The normalized spacial score (nSPS) is 15.1. The van der Waals surface area contributed by atoms with Gasteiger partial charge < -0.3 is 15.4 Å². The summed E-state index contributed by atoms with van der Waals surface area (Å²) in [7, 11) is 0. The number of carboxylic acids is 1. The van der Waals surface area contributed by atoms with Crippen molar-refractivity contribution in [3.8, 4) is 0 Å². The van der Waals surface area contributed by atoms with E-state index in [2.05, 4.69) is 16.9 Å². The molecule has 6 nitrogen and oxygen atoms in total. The first kappa shape index (κ1) is 17.0. The fourth-order valence-corrected chi connectivity index (χ4v) is 2.80. The van der Waals surface area contributed by atoms with Crippen LogP contribution in [-0.4, -0.2) is 28.0 Å². The molecule has 0 bridgehead atoms. The molecule has 124 valence electrons. The van der Waals surface area contributed by atoms with Gasteiger partial charge in [-0.05, 0) is 50.2 Å². The van der Waals surface area contributed by atoms with E-state index >= 15 is 0 Å². The number of hydrogen-bond donors (Lipinski definition) is 3. The predicted molar refractivity (Wildman–Crippen MR) is 86.6 cm³/mol. The van der Waals surface area contributed by atoms with Gasteiger partial charge in [0.15, 0.2) is 0 Å². The van der Waals surface area contributed by atoms with Crippen molar-refractivity contribution >= 4 is 11.9 Å². The van der Waals surface area contributed by atoms with Gasteiger partial charge in [0, 0.05) is 5.69 Å². The number of fused-ring (bicyclic) bond motifs is 1. The number of aromatic amines is 1. The molecule has 0 aromatic carbocycles. The number of nitrogens with one attached hydrogen (secondary N) is 2. The maximum atomic E-state index is 12.3. The molecule has 0 saturated carbocycles. The van der Waals surface area contributed by atoms with Gasteiger partial charge in [0.2, 0.25) is 0 Å². The highest BCUT2D eigenvalue weighted by Gasteiger charge is 2.22. The smallest absolute Gasteiger partial charge is 0.326 e. The van der Waals surface area contributed by atoms with E-state index in [0.717, 1.165) is 43.4 Å². The quantitative estimate of drug-likeness (QED) is 0.550. The molecule has 23 heavy (non-hydrogen) atoms. The van der Waals surface area contributed by atoms with Gasteiger partial charge in [-0.1, -0.05) is 12.5 Å². The fourth-order valence-electron chi connectivity index (χ4n) is 2.80. The van der Waals surface area contributed by atoms with E-state index in [4.69, 9.17) is 5.11 Å². The lowest BCUT2D eigenvalue weighted by Gasteiger charge is -2.14. The Morgan fingerprint density at radius 2 is 2.09 bits per heavy atom. The van der Waals surface area contributed by atoms with Crippen molar-refractivity contribution in [3.05, 3.63) is 45.9 Å². The lowest BCUT2D eigenvalue weighted by Crippen LogP contribution is -2.42. The number of rotatable bonds is 6. The molecule has 1 aliphatic rings. The number of aromatic nitrogens is 1. The molecule has 3 N–H and O–H groups in total. The van der Waals surface area contributed by atoms with Crippen molar-refractivity contribution in [2.75, 3.05) is 0 Å². The molecule has 0 saturated heterocycles. The molecule has 0 radical (unpaired) electrons. The van der Waals surface area contributed by atoms with Crippen LogP contribution in [0.25, 0.3) is 0 Å². The molecule has 1 unspecified atom stereocenters. The standard InChI is InChI=1S/C17H22N2O4/c1-2-3-8-14(17(22)23)19-16(21)12-10-11-7-5-4-6-9-13(11)18-15(12)20/h2,10,14H,1,3-9H2,(H,18,20)(H,19,21)(H,22,23). The molecule has 1 aromatic rings. The SMILES string of the molecule is C=CCCC(NC(=O)c1cc2c([nH]c1=O)CCCCC2)C(=O)O. The zero-order chi connectivity index (χ0) is 16.8. The monoisotopic (exact) mass is 318 g/mol. The number of carbonyl (C=O) groups excluding carboxylic acids is 1. The number of H-pyrrole nitrogens is 1. The summed E-state index contributed by atoms with van der Waals surface area (Å²) >= 11 is 0. The van der Waals surface area contributed by atoms with E-state index in [-0.39, 0.29) is 12.0 Å². The molecule has 1 amide bonds. The third-order valence-corrected chi connectivity index (χ3v) is 4.10. The third kappa shape index (κ3) is 4.31. The number of aryl methyl sites for hydroxylation is 2. The molecule has 0 spiro atoms. The van der Waals surface area contributed by atoms with Crippen LogP contribution in [0.15, 0.2) is 23.5 Å². The Morgan fingerprint density at radius 1 is 1.35 bits per heavy atom. The van der Waals surface area contributed by atoms with Crippen LogP contribution in [0.2, 0.25) is 0 Å². The van der Waals surface area contributed by atoms with Crippen molar-refractivity contribution in [2.24, 2.45) is 0 Å². The Bertz CT molecular complexity index is 663. The molecule has 1 aromatic heterocycles. The second kappa shape index (κ2) is 7.76. The van der Waals surface area contributed by atoms with Crippen LogP contribution in [-0.2, 0) is 17.6 Å². The molecular weight excluding hydrogens is 296 g/mol. The summed E-state index contributed by atoms with van der Waals surface area (Å²) in [6, 6.07) is 0.583. The van der Waals surface area contributed by atoms with Crippen LogP contribution in [0.5, 0.6) is 0 Å². The number of pyridine rings is 1. The van der Waals surface area contributed by atoms with Gasteiger partial charge in [-0.2, -0.15) is 0 Å². The Hall–Kier alpha value is -2.37. The summed E-state index contributed by atoms with van der Waals surface area (Å²) < 4.78 is 0. The van der Waals surface area contributed by atoms with E-state index in [1.165, 1.54) is 0 Å². The van der Waals surface area contributed by atoms with Crippen molar-refractivity contribution in [1.29, 1.82) is 0 Å². The second-order valence-electron chi connectivity index (χ2n) is 5.81. The fraction of sp³-hybridized carbons (Fsp3) is 0.471. The zero-order valence-electron chi connectivity index (χ0n) is 13.1. The first-order chi connectivity index (χ1) is 11.0. The van der Waals surface area contributed by atoms with E-state index in [1.54, 1.807) is 12.1 Å². The Balaban J connectivity index is 2.21. The van der Waals surface area contributed by atoms with Gasteiger partial charge in [-0.3, -0.25) is 9.59 Å². The van der Waals surface area contributed by atoms with Crippen molar-refractivity contribution in [2.45, 2.75) is 51.0 Å². The predicted octanol–water partition coefficient (Wildman–Crippen LogP) is 1.79. The van der Waals surface area contributed by atoms with E-state index < -0.39 is 23.5 Å². The van der Waals surface area contributed by atoms with Crippen molar-refractivity contribution in [1.82, 2.24) is 10.3 Å². The molecule has 2 rings (SSSR count). The molecule has 1 aliphatic carbocycles. The molecule has 0 aliphatic heterocycles. The maximum Gasteiger partial charge on any atom is 0.326 e. The van der Waals surface area contributed by atoms with Gasteiger partial charge in [-0.15, -0.1) is 6.58 Å². The molecule has 1 heterocycles. The van der Waals surface area contributed by atoms with Crippen molar-refractivity contribution < 1.29 is 14.7 Å². The highest BCUT2D eigenvalue weighted by atomic mass is 16.4. The average Bonchev–Trinajstić information content (AvgIpc) is 2.74. The summed E-state index contributed by atoms with van der Waals surface area (Å²) in [5.74, 6) is -1.76. The van der Waals surface area contributed by atoms with Crippen LogP contribution in [0.4, 0.5) is 0 Å². The first-order valence-electron chi connectivity index (χ1n) is 7.92. The van der Waals surface area contributed by atoms with Crippen LogP contribution in [0.3, 0.4) is 0 Å². The second-order valence-corrected chi connectivity index (χ2v) is 5.81. The number of amides is 1. The van der Waals surface area contributed by atoms with Gasteiger partial charge in [0.05, 0.1) is 0 Å². The van der Waals surface area contributed by atoms with Crippen LogP contribution in [0, 0.1) is 0 Å². The number of carbonyl (C=O) groups is 2. The minimum Gasteiger partial charge on any atom is -0.480 e. The summed E-state index contributed by atoms with van der Waals surface area (Å²) in [5, 5.41) is 11.6. The highest BCUT2D eigenvalue weighted by Crippen LogP contribution is 2.18. The van der Waals surface area contributed by atoms with Gasteiger partial charge in [-0.25, -0.2) is 4.79 Å². The summed E-state index contributed by atoms with van der Waals surface area (Å²) in [6.07, 6.45) is 7.09. The summed E-state index contributed by atoms with van der Waals surface area (Å²) in [5.41, 5.74) is 1.39.